The Hall–Kier alpha value is -2.57. The standard InChI is InChI=1S/C23H23NO3S2/c1-17(19-12-14-20(15-13-19)29(2,26)27)24-23(25)21-10-6-7-11-22(21)28-16-18-8-4-3-5-9-18/h3-15,17H,16H2,1-2H3,(H,24,25)/t17-/m0/s1. The zero-order valence-electron chi connectivity index (χ0n) is 16.3. The van der Waals surface area contributed by atoms with E-state index < -0.39 is 9.84 Å². The molecule has 0 fully saturated rings. The SMILES string of the molecule is C[C@H](NC(=O)c1ccccc1SCc1ccccc1)c1ccc(S(C)(=O)=O)cc1. The molecule has 1 atom stereocenters. The molecule has 0 aliphatic heterocycles. The van der Waals surface area contributed by atoms with Crippen LogP contribution in [-0.4, -0.2) is 20.6 Å². The zero-order chi connectivity index (χ0) is 20.9. The summed E-state index contributed by atoms with van der Waals surface area (Å²) in [4.78, 5) is 14.1. The Morgan fingerprint density at radius 3 is 2.21 bits per heavy atom. The van der Waals surface area contributed by atoms with Gasteiger partial charge in [-0.2, -0.15) is 0 Å². The van der Waals surface area contributed by atoms with Gasteiger partial charge in [0.25, 0.3) is 5.91 Å². The number of nitrogens with one attached hydrogen (secondary N) is 1. The normalized spacial score (nSPS) is 12.3. The molecule has 1 amide bonds. The smallest absolute Gasteiger partial charge is 0.252 e. The van der Waals surface area contributed by atoms with Crippen LogP contribution >= 0.6 is 11.8 Å². The third-order valence-electron chi connectivity index (χ3n) is 4.52. The van der Waals surface area contributed by atoms with E-state index in [4.69, 9.17) is 0 Å². The van der Waals surface area contributed by atoms with Gasteiger partial charge in [-0.25, -0.2) is 8.42 Å². The first-order valence-electron chi connectivity index (χ1n) is 9.21. The van der Waals surface area contributed by atoms with Gasteiger partial charge in [-0.3, -0.25) is 4.79 Å². The van der Waals surface area contributed by atoms with E-state index in [1.165, 1.54) is 11.8 Å². The maximum atomic E-state index is 12.9. The molecule has 0 heterocycles. The number of benzene rings is 3. The van der Waals surface area contributed by atoms with Gasteiger partial charge in [-0.1, -0.05) is 54.6 Å². The Morgan fingerprint density at radius 1 is 0.931 bits per heavy atom. The summed E-state index contributed by atoms with van der Waals surface area (Å²) in [6.07, 6.45) is 1.18. The first kappa shape index (κ1) is 21.1. The van der Waals surface area contributed by atoms with Crippen molar-refractivity contribution >= 4 is 27.5 Å². The van der Waals surface area contributed by atoms with E-state index >= 15 is 0 Å². The van der Waals surface area contributed by atoms with E-state index in [-0.39, 0.29) is 16.8 Å². The average molecular weight is 426 g/mol. The molecule has 0 bridgehead atoms. The van der Waals surface area contributed by atoms with E-state index in [9.17, 15) is 13.2 Å². The second kappa shape index (κ2) is 9.29. The van der Waals surface area contributed by atoms with Crippen LogP contribution in [0.5, 0.6) is 0 Å². The first-order valence-corrected chi connectivity index (χ1v) is 12.1. The van der Waals surface area contributed by atoms with Gasteiger partial charge in [-0.05, 0) is 42.3 Å². The highest BCUT2D eigenvalue weighted by molar-refractivity contribution is 7.98. The van der Waals surface area contributed by atoms with E-state index in [0.717, 1.165) is 16.2 Å². The first-order chi connectivity index (χ1) is 13.8. The lowest BCUT2D eigenvalue weighted by Crippen LogP contribution is -2.27. The number of rotatable bonds is 7. The molecule has 3 aromatic carbocycles. The predicted molar refractivity (Wildman–Crippen MR) is 118 cm³/mol. The van der Waals surface area contributed by atoms with Crippen LogP contribution in [0.25, 0.3) is 0 Å². The number of hydrogen-bond acceptors (Lipinski definition) is 4. The predicted octanol–water partition coefficient (Wildman–Crippen LogP) is 4.87. The summed E-state index contributed by atoms with van der Waals surface area (Å²) in [5, 5.41) is 3.01. The van der Waals surface area contributed by atoms with Crippen molar-refractivity contribution in [1.29, 1.82) is 0 Å². The number of amides is 1. The van der Waals surface area contributed by atoms with Crippen molar-refractivity contribution in [3.05, 3.63) is 95.6 Å². The molecular formula is C23H23NO3S2. The Bertz CT molecular complexity index is 1080. The van der Waals surface area contributed by atoms with Gasteiger partial charge in [0, 0.05) is 16.9 Å². The number of sulfone groups is 1. The van der Waals surface area contributed by atoms with Crippen molar-refractivity contribution in [2.24, 2.45) is 0 Å². The van der Waals surface area contributed by atoms with E-state index in [1.54, 1.807) is 36.0 Å². The van der Waals surface area contributed by atoms with Gasteiger partial charge < -0.3 is 5.32 Å². The molecule has 150 valence electrons. The minimum Gasteiger partial charge on any atom is -0.345 e. The number of thioether (sulfide) groups is 1. The summed E-state index contributed by atoms with van der Waals surface area (Å²) >= 11 is 1.63. The third kappa shape index (κ3) is 5.71. The molecule has 3 rings (SSSR count). The van der Waals surface area contributed by atoms with Crippen molar-refractivity contribution in [1.82, 2.24) is 5.32 Å². The Kier molecular flexibility index (Phi) is 6.77. The van der Waals surface area contributed by atoms with Gasteiger partial charge in [0.05, 0.1) is 16.5 Å². The fourth-order valence-electron chi connectivity index (χ4n) is 2.88. The van der Waals surface area contributed by atoms with Crippen LogP contribution in [-0.2, 0) is 15.6 Å². The Morgan fingerprint density at radius 2 is 1.55 bits per heavy atom. The summed E-state index contributed by atoms with van der Waals surface area (Å²) < 4.78 is 23.2. The Balaban J connectivity index is 1.70. The van der Waals surface area contributed by atoms with E-state index in [2.05, 4.69) is 17.4 Å². The molecule has 0 saturated heterocycles. The maximum Gasteiger partial charge on any atom is 0.252 e. The van der Waals surface area contributed by atoms with Crippen molar-refractivity contribution in [2.45, 2.75) is 28.5 Å². The summed E-state index contributed by atoms with van der Waals surface area (Å²) in [6.45, 7) is 1.88. The quantitative estimate of drug-likeness (QED) is 0.549. The highest BCUT2D eigenvalue weighted by Gasteiger charge is 2.16. The highest BCUT2D eigenvalue weighted by atomic mass is 32.2. The van der Waals surface area contributed by atoms with Crippen molar-refractivity contribution < 1.29 is 13.2 Å². The molecule has 0 radical (unpaired) electrons. The largest absolute Gasteiger partial charge is 0.345 e. The molecule has 0 aromatic heterocycles. The number of hydrogen-bond donors (Lipinski definition) is 1. The molecule has 3 aromatic rings. The van der Waals surface area contributed by atoms with Crippen LogP contribution in [0.4, 0.5) is 0 Å². The maximum absolute atomic E-state index is 12.9. The minimum atomic E-state index is -3.24. The summed E-state index contributed by atoms with van der Waals surface area (Å²) in [7, 11) is -3.24. The van der Waals surface area contributed by atoms with Crippen LogP contribution in [0, 0.1) is 0 Å². The second-order valence-corrected chi connectivity index (χ2v) is 9.84. The summed E-state index contributed by atoms with van der Waals surface area (Å²) in [5.41, 5.74) is 2.68. The molecule has 0 aliphatic carbocycles. The monoisotopic (exact) mass is 425 g/mol. The molecule has 6 heteroatoms. The van der Waals surface area contributed by atoms with Crippen LogP contribution in [0.3, 0.4) is 0 Å². The number of carbonyl (C=O) groups is 1. The number of carbonyl (C=O) groups excluding carboxylic acids is 1. The Labute approximate surface area is 176 Å². The van der Waals surface area contributed by atoms with Gasteiger partial charge in [0.1, 0.15) is 0 Å². The van der Waals surface area contributed by atoms with Crippen molar-refractivity contribution in [3.8, 4) is 0 Å². The minimum absolute atomic E-state index is 0.152. The molecule has 4 nitrogen and oxygen atoms in total. The molecule has 0 spiro atoms. The third-order valence-corrected chi connectivity index (χ3v) is 6.80. The zero-order valence-corrected chi connectivity index (χ0v) is 18.0. The van der Waals surface area contributed by atoms with Crippen LogP contribution in [0.1, 0.15) is 34.5 Å². The lowest BCUT2D eigenvalue weighted by molar-refractivity contribution is 0.0937. The lowest BCUT2D eigenvalue weighted by atomic mass is 10.1. The van der Waals surface area contributed by atoms with Gasteiger partial charge in [0.15, 0.2) is 9.84 Å². The molecule has 1 N–H and O–H groups in total. The average Bonchev–Trinajstić information content (AvgIpc) is 2.72. The lowest BCUT2D eigenvalue weighted by Gasteiger charge is -2.16. The second-order valence-electron chi connectivity index (χ2n) is 6.81. The molecule has 0 saturated carbocycles. The van der Waals surface area contributed by atoms with Crippen molar-refractivity contribution in [3.63, 3.8) is 0 Å². The molecular weight excluding hydrogens is 402 g/mol. The molecule has 29 heavy (non-hydrogen) atoms. The van der Waals surface area contributed by atoms with Crippen LogP contribution in [0.15, 0.2) is 88.7 Å². The summed E-state index contributed by atoms with van der Waals surface area (Å²) in [5.74, 6) is 0.633. The molecule has 0 aliphatic rings. The topological polar surface area (TPSA) is 63.2 Å². The van der Waals surface area contributed by atoms with E-state index in [1.807, 2.05) is 49.4 Å². The summed E-state index contributed by atoms with van der Waals surface area (Å²) in [6, 6.07) is 24.0. The van der Waals surface area contributed by atoms with Crippen LogP contribution < -0.4 is 5.32 Å². The fourth-order valence-corrected chi connectivity index (χ4v) is 4.51. The van der Waals surface area contributed by atoms with Gasteiger partial charge in [0.2, 0.25) is 0 Å². The van der Waals surface area contributed by atoms with Crippen molar-refractivity contribution in [2.75, 3.05) is 6.26 Å². The fraction of sp³-hybridized carbons (Fsp3) is 0.174. The molecule has 0 unspecified atom stereocenters. The van der Waals surface area contributed by atoms with Crippen LogP contribution in [0.2, 0.25) is 0 Å². The van der Waals surface area contributed by atoms with Gasteiger partial charge in [-0.15, -0.1) is 11.8 Å². The van der Waals surface area contributed by atoms with E-state index in [0.29, 0.717) is 5.56 Å². The van der Waals surface area contributed by atoms with Gasteiger partial charge >= 0.3 is 0 Å². The highest BCUT2D eigenvalue weighted by Crippen LogP contribution is 2.27.